The van der Waals surface area contributed by atoms with Crippen LogP contribution in [0.4, 0.5) is 15.0 Å². The molecule has 1 aromatic carbocycles. The first-order valence-corrected chi connectivity index (χ1v) is 9.84. The van der Waals surface area contributed by atoms with Gasteiger partial charge in [-0.25, -0.2) is 14.2 Å². The van der Waals surface area contributed by atoms with Crippen molar-refractivity contribution in [3.05, 3.63) is 53.2 Å². The molecule has 1 saturated heterocycles. The Bertz CT molecular complexity index is 785. The highest BCUT2D eigenvalue weighted by Gasteiger charge is 2.28. The molecule has 1 aliphatic heterocycles. The Morgan fingerprint density at radius 2 is 2.07 bits per heavy atom. The average molecular weight is 407 g/mol. The SMILES string of the molecule is CCC(NC(=O)OCc1ccccc1)C1CCN(c2nc(Cl)ncc2F)CC1. The van der Waals surface area contributed by atoms with Crippen LogP contribution in [0.3, 0.4) is 0 Å². The third kappa shape index (κ3) is 5.32. The number of nitrogens with one attached hydrogen (secondary N) is 1. The number of halogens is 2. The van der Waals surface area contributed by atoms with Crippen molar-refractivity contribution >= 4 is 23.5 Å². The number of carbonyl (C=O) groups excluding carboxylic acids is 1. The molecule has 1 N–H and O–H groups in total. The minimum atomic E-state index is -0.475. The summed E-state index contributed by atoms with van der Waals surface area (Å²) >= 11 is 5.79. The summed E-state index contributed by atoms with van der Waals surface area (Å²) in [4.78, 5) is 21.7. The van der Waals surface area contributed by atoms with Crippen LogP contribution in [0.25, 0.3) is 0 Å². The summed E-state index contributed by atoms with van der Waals surface area (Å²) in [5, 5.41) is 3.02. The summed E-state index contributed by atoms with van der Waals surface area (Å²) in [5.41, 5.74) is 0.949. The van der Waals surface area contributed by atoms with Gasteiger partial charge in [0.15, 0.2) is 11.6 Å². The smallest absolute Gasteiger partial charge is 0.407 e. The minimum Gasteiger partial charge on any atom is -0.445 e. The monoisotopic (exact) mass is 406 g/mol. The van der Waals surface area contributed by atoms with Gasteiger partial charge in [0.2, 0.25) is 5.28 Å². The van der Waals surface area contributed by atoms with Crippen LogP contribution in [-0.2, 0) is 11.3 Å². The van der Waals surface area contributed by atoms with Crippen LogP contribution in [0.2, 0.25) is 5.28 Å². The van der Waals surface area contributed by atoms with Crippen molar-refractivity contribution in [1.29, 1.82) is 0 Å². The summed E-state index contributed by atoms with van der Waals surface area (Å²) < 4.78 is 19.3. The lowest BCUT2D eigenvalue weighted by Gasteiger charge is -2.36. The number of nitrogens with zero attached hydrogens (tertiary/aromatic N) is 3. The van der Waals surface area contributed by atoms with Crippen molar-refractivity contribution in [1.82, 2.24) is 15.3 Å². The van der Waals surface area contributed by atoms with E-state index in [2.05, 4.69) is 15.3 Å². The van der Waals surface area contributed by atoms with Crippen LogP contribution in [0.15, 0.2) is 36.5 Å². The third-order valence-electron chi connectivity index (χ3n) is 5.06. The number of benzene rings is 1. The predicted molar refractivity (Wildman–Crippen MR) is 106 cm³/mol. The second kappa shape index (κ2) is 9.68. The standard InChI is InChI=1S/C20H24ClFN4O2/c1-2-17(24-20(27)28-13-14-6-4-3-5-7-14)15-8-10-26(11-9-15)18-16(22)12-23-19(21)25-18/h3-7,12,15,17H,2,8-11,13H2,1H3,(H,24,27). The number of rotatable bonds is 6. The Balaban J connectivity index is 1.50. The fraction of sp³-hybridized carbons (Fsp3) is 0.450. The Morgan fingerprint density at radius 3 is 2.75 bits per heavy atom. The molecule has 2 aromatic rings. The molecule has 3 rings (SSSR count). The number of carbonyl (C=O) groups is 1. The van der Waals surface area contributed by atoms with Crippen LogP contribution in [0.5, 0.6) is 0 Å². The molecule has 1 unspecified atom stereocenters. The molecule has 0 saturated carbocycles. The van der Waals surface area contributed by atoms with Crippen molar-refractivity contribution in [2.24, 2.45) is 5.92 Å². The van der Waals surface area contributed by atoms with Gasteiger partial charge in [0.05, 0.1) is 6.20 Å². The molecule has 1 amide bonds. The highest BCUT2D eigenvalue weighted by atomic mass is 35.5. The second-order valence-corrected chi connectivity index (χ2v) is 7.19. The van der Waals surface area contributed by atoms with Crippen molar-refractivity contribution in [2.75, 3.05) is 18.0 Å². The molecule has 1 fully saturated rings. The molecule has 0 spiro atoms. The van der Waals surface area contributed by atoms with Gasteiger partial charge in [-0.2, -0.15) is 4.98 Å². The molecular formula is C20H24ClFN4O2. The van der Waals surface area contributed by atoms with E-state index >= 15 is 0 Å². The molecule has 0 radical (unpaired) electrons. The van der Waals surface area contributed by atoms with Crippen LogP contribution >= 0.6 is 11.6 Å². The van der Waals surface area contributed by atoms with E-state index in [0.29, 0.717) is 19.0 Å². The summed E-state index contributed by atoms with van der Waals surface area (Å²) in [5.74, 6) is 0.0603. The zero-order valence-corrected chi connectivity index (χ0v) is 16.5. The van der Waals surface area contributed by atoms with E-state index in [9.17, 15) is 9.18 Å². The second-order valence-electron chi connectivity index (χ2n) is 6.86. The number of ether oxygens (including phenoxy) is 1. The molecule has 0 aliphatic carbocycles. The van der Waals surface area contributed by atoms with Gasteiger partial charge in [-0.05, 0) is 42.3 Å². The van der Waals surface area contributed by atoms with Crippen LogP contribution in [0.1, 0.15) is 31.7 Å². The van der Waals surface area contributed by atoms with Crippen molar-refractivity contribution in [3.63, 3.8) is 0 Å². The number of hydrogen-bond donors (Lipinski definition) is 1. The Kier molecular flexibility index (Phi) is 7.03. The molecule has 1 atom stereocenters. The Hall–Kier alpha value is -2.41. The number of hydrogen-bond acceptors (Lipinski definition) is 5. The molecule has 2 heterocycles. The van der Waals surface area contributed by atoms with E-state index in [4.69, 9.17) is 16.3 Å². The lowest BCUT2D eigenvalue weighted by molar-refractivity contribution is 0.129. The fourth-order valence-corrected chi connectivity index (χ4v) is 3.67. The third-order valence-corrected chi connectivity index (χ3v) is 5.24. The topological polar surface area (TPSA) is 67.3 Å². The number of amides is 1. The Morgan fingerprint density at radius 1 is 1.36 bits per heavy atom. The van der Waals surface area contributed by atoms with Gasteiger partial charge in [-0.15, -0.1) is 0 Å². The maximum Gasteiger partial charge on any atom is 0.407 e. The first-order valence-electron chi connectivity index (χ1n) is 9.47. The maximum atomic E-state index is 14.0. The van der Waals surface area contributed by atoms with Crippen LogP contribution < -0.4 is 10.2 Å². The van der Waals surface area contributed by atoms with Gasteiger partial charge >= 0.3 is 6.09 Å². The molecule has 1 aliphatic rings. The summed E-state index contributed by atoms with van der Waals surface area (Å²) in [6, 6.07) is 9.59. The fourth-order valence-electron chi connectivity index (χ4n) is 3.54. The van der Waals surface area contributed by atoms with Crippen molar-refractivity contribution in [2.45, 2.75) is 38.8 Å². The zero-order valence-electron chi connectivity index (χ0n) is 15.8. The van der Waals surface area contributed by atoms with Gasteiger partial charge < -0.3 is 15.0 Å². The number of anilines is 1. The van der Waals surface area contributed by atoms with E-state index in [1.807, 2.05) is 42.2 Å². The highest BCUT2D eigenvalue weighted by Crippen LogP contribution is 2.27. The predicted octanol–water partition coefficient (Wildman–Crippen LogP) is 4.19. The van der Waals surface area contributed by atoms with E-state index < -0.39 is 11.9 Å². The lowest BCUT2D eigenvalue weighted by atomic mass is 9.88. The van der Waals surface area contributed by atoms with Gasteiger partial charge in [0.25, 0.3) is 0 Å². The van der Waals surface area contributed by atoms with Crippen molar-refractivity contribution in [3.8, 4) is 0 Å². The first kappa shape index (κ1) is 20.3. The zero-order chi connectivity index (χ0) is 19.9. The van der Waals surface area contributed by atoms with Gasteiger partial charge in [-0.3, -0.25) is 0 Å². The quantitative estimate of drug-likeness (QED) is 0.728. The number of alkyl carbamates (subject to hydrolysis) is 1. The number of aromatic nitrogens is 2. The maximum absolute atomic E-state index is 14.0. The van der Waals surface area contributed by atoms with E-state index in [1.165, 1.54) is 0 Å². The van der Waals surface area contributed by atoms with Crippen LogP contribution in [0, 0.1) is 11.7 Å². The van der Waals surface area contributed by atoms with E-state index in [1.54, 1.807) is 0 Å². The van der Waals surface area contributed by atoms with E-state index in [-0.39, 0.29) is 23.8 Å². The van der Waals surface area contributed by atoms with Gasteiger partial charge in [0.1, 0.15) is 6.61 Å². The van der Waals surface area contributed by atoms with Crippen LogP contribution in [-0.4, -0.2) is 35.2 Å². The molecule has 150 valence electrons. The summed E-state index contributed by atoms with van der Waals surface area (Å²) in [7, 11) is 0. The molecule has 28 heavy (non-hydrogen) atoms. The summed E-state index contributed by atoms with van der Waals surface area (Å²) in [6.07, 6.45) is 3.12. The number of piperidine rings is 1. The van der Waals surface area contributed by atoms with E-state index in [0.717, 1.165) is 31.0 Å². The lowest BCUT2D eigenvalue weighted by Crippen LogP contribution is -2.45. The van der Waals surface area contributed by atoms with Crippen molar-refractivity contribution < 1.29 is 13.9 Å². The molecule has 1 aromatic heterocycles. The molecule has 0 bridgehead atoms. The van der Waals surface area contributed by atoms with Gasteiger partial charge in [0, 0.05) is 19.1 Å². The average Bonchev–Trinajstić information content (AvgIpc) is 2.73. The molecular weight excluding hydrogens is 383 g/mol. The normalized spacial score (nSPS) is 15.9. The largest absolute Gasteiger partial charge is 0.445 e. The highest BCUT2D eigenvalue weighted by molar-refractivity contribution is 6.28. The summed E-state index contributed by atoms with van der Waals surface area (Å²) in [6.45, 7) is 3.58. The minimum absolute atomic E-state index is 0.0178. The molecule has 8 heteroatoms. The molecule has 6 nitrogen and oxygen atoms in total. The van der Waals surface area contributed by atoms with Gasteiger partial charge in [-0.1, -0.05) is 37.3 Å². The Labute approximate surface area is 169 Å². The first-order chi connectivity index (χ1) is 13.6.